The van der Waals surface area contributed by atoms with Crippen molar-refractivity contribution in [2.45, 2.75) is 0 Å². The fourth-order valence-electron chi connectivity index (χ4n) is 1.88. The Morgan fingerprint density at radius 2 is 1.76 bits per heavy atom. The van der Waals surface area contributed by atoms with Crippen molar-refractivity contribution in [2.75, 3.05) is 11.9 Å². The molecule has 0 unspecified atom stereocenters. The molecule has 2 rings (SSSR count). The Kier molecular flexibility index (Phi) is 5.03. The predicted octanol–water partition coefficient (Wildman–Crippen LogP) is 4.45. The number of anilines is 1. The second kappa shape index (κ2) is 6.77. The molecule has 3 nitrogen and oxygen atoms in total. The maximum atomic E-state index is 8.61. The van der Waals surface area contributed by atoms with Crippen molar-refractivity contribution in [3.63, 3.8) is 0 Å². The van der Waals surface area contributed by atoms with Gasteiger partial charge in [0.1, 0.15) is 0 Å². The average molecular weight is 336 g/mol. The summed E-state index contributed by atoms with van der Waals surface area (Å²) in [4.78, 5) is 1.63. The molecule has 0 aliphatic carbocycles. The summed E-state index contributed by atoms with van der Waals surface area (Å²) in [5.74, 6) is 0. The zero-order chi connectivity index (χ0) is 15.4. The molecule has 2 aromatic carbocycles. The lowest BCUT2D eigenvalue weighted by Gasteiger charge is -2.20. The summed E-state index contributed by atoms with van der Waals surface area (Å²) >= 11 is 17.8. The van der Waals surface area contributed by atoms with E-state index in [0.717, 1.165) is 11.1 Å². The number of nitriles is 1. The summed E-state index contributed by atoms with van der Waals surface area (Å²) in [6, 6.07) is 13.2. The minimum Gasteiger partial charge on any atom is -0.321 e. The van der Waals surface area contributed by atoms with Crippen LogP contribution in [0.5, 0.6) is 0 Å². The van der Waals surface area contributed by atoms with E-state index in [-0.39, 0.29) is 5.11 Å². The van der Waals surface area contributed by atoms with Crippen molar-refractivity contribution in [3.8, 4) is 17.3 Å². The fourth-order valence-corrected chi connectivity index (χ4v) is 2.73. The summed E-state index contributed by atoms with van der Waals surface area (Å²) < 4.78 is 0. The normalized spacial score (nSPS) is 9.81. The largest absolute Gasteiger partial charge is 0.321 e. The van der Waals surface area contributed by atoms with E-state index in [9.17, 15) is 0 Å². The highest BCUT2D eigenvalue weighted by Gasteiger charge is 2.14. The molecule has 0 radical (unpaired) electrons. The second-order valence-corrected chi connectivity index (χ2v) is 5.45. The molecule has 1 N–H and O–H groups in total. The van der Waals surface area contributed by atoms with Crippen molar-refractivity contribution < 1.29 is 0 Å². The van der Waals surface area contributed by atoms with E-state index < -0.39 is 0 Å². The van der Waals surface area contributed by atoms with Crippen LogP contribution in [0.15, 0.2) is 42.5 Å². The Morgan fingerprint density at radius 1 is 1.19 bits per heavy atom. The summed E-state index contributed by atoms with van der Waals surface area (Å²) in [7, 11) is 1.73. The van der Waals surface area contributed by atoms with Crippen LogP contribution in [0.4, 0.5) is 5.69 Å². The van der Waals surface area contributed by atoms with Gasteiger partial charge in [-0.25, -0.2) is 0 Å². The second-order valence-electron chi connectivity index (χ2n) is 4.25. The molecule has 0 bridgehead atoms. The van der Waals surface area contributed by atoms with Crippen molar-refractivity contribution in [2.24, 2.45) is 0 Å². The molecule has 6 heteroatoms. The maximum Gasteiger partial charge on any atom is 0.186 e. The van der Waals surface area contributed by atoms with Gasteiger partial charge in [-0.1, -0.05) is 53.5 Å². The minimum atomic E-state index is 0.275. The third kappa shape index (κ3) is 3.45. The molecule has 2 aromatic rings. The smallest absolute Gasteiger partial charge is 0.186 e. The van der Waals surface area contributed by atoms with Gasteiger partial charge in [-0.3, -0.25) is 5.32 Å². The monoisotopic (exact) mass is 335 g/mol. The molecule has 0 fully saturated rings. The highest BCUT2D eigenvalue weighted by atomic mass is 35.5. The van der Waals surface area contributed by atoms with Gasteiger partial charge in [0.15, 0.2) is 11.3 Å². The molecule has 0 amide bonds. The van der Waals surface area contributed by atoms with Crippen LogP contribution in [0.25, 0.3) is 11.1 Å². The number of halogens is 2. The van der Waals surface area contributed by atoms with Gasteiger partial charge < -0.3 is 4.90 Å². The summed E-state index contributed by atoms with van der Waals surface area (Å²) in [5.41, 5.74) is 2.42. The molecule has 0 saturated heterocycles. The van der Waals surface area contributed by atoms with Crippen LogP contribution < -0.4 is 10.2 Å². The van der Waals surface area contributed by atoms with Gasteiger partial charge >= 0.3 is 0 Å². The molecule has 21 heavy (non-hydrogen) atoms. The zero-order valence-electron chi connectivity index (χ0n) is 11.1. The Labute approximate surface area is 138 Å². The number of rotatable bonds is 2. The Hall–Kier alpha value is -1.80. The number of nitrogens with one attached hydrogen (secondary N) is 1. The first kappa shape index (κ1) is 15.6. The van der Waals surface area contributed by atoms with E-state index in [2.05, 4.69) is 5.32 Å². The van der Waals surface area contributed by atoms with E-state index in [1.807, 2.05) is 30.3 Å². The van der Waals surface area contributed by atoms with E-state index in [1.165, 1.54) is 0 Å². The fraction of sp³-hybridized carbons (Fsp3) is 0.0667. The predicted molar refractivity (Wildman–Crippen MR) is 91.6 cm³/mol. The van der Waals surface area contributed by atoms with Crippen molar-refractivity contribution in [3.05, 3.63) is 52.5 Å². The topological polar surface area (TPSA) is 39.1 Å². The van der Waals surface area contributed by atoms with Crippen molar-refractivity contribution in [1.29, 1.82) is 5.26 Å². The van der Waals surface area contributed by atoms with Gasteiger partial charge in [0.05, 0.1) is 10.0 Å². The summed E-state index contributed by atoms with van der Waals surface area (Å²) in [6.45, 7) is 0. The standard InChI is InChI=1S/C15H11Cl2N3S/c1-20(15(21)19-9-18)11-7-12(16)14(13(17)8-11)10-5-3-2-4-6-10/h2-8H,1H3,(H,19,21). The highest BCUT2D eigenvalue weighted by molar-refractivity contribution is 7.80. The third-order valence-corrected chi connectivity index (χ3v) is 3.92. The average Bonchev–Trinajstić information content (AvgIpc) is 2.47. The SMILES string of the molecule is CN(C(=S)NC#N)c1cc(Cl)c(-c2ccccc2)c(Cl)c1. The van der Waals surface area contributed by atoms with Crippen LogP contribution in [0.2, 0.25) is 10.0 Å². The summed E-state index contributed by atoms with van der Waals surface area (Å²) in [6.07, 6.45) is 1.79. The first-order valence-corrected chi connectivity index (χ1v) is 7.18. The Bertz CT molecular complexity index is 688. The molecular weight excluding hydrogens is 325 g/mol. The number of hydrogen-bond donors (Lipinski definition) is 1. The lowest BCUT2D eigenvalue weighted by Crippen LogP contribution is -2.34. The highest BCUT2D eigenvalue weighted by Crippen LogP contribution is 2.38. The number of benzene rings is 2. The molecule has 106 valence electrons. The van der Waals surface area contributed by atoms with Crippen molar-refractivity contribution >= 4 is 46.2 Å². The molecule has 0 atom stereocenters. The maximum absolute atomic E-state index is 8.61. The van der Waals surface area contributed by atoms with Crippen LogP contribution in [-0.4, -0.2) is 12.2 Å². The van der Waals surface area contributed by atoms with Crippen LogP contribution in [0, 0.1) is 11.5 Å². The Morgan fingerprint density at radius 3 is 2.29 bits per heavy atom. The molecule has 0 spiro atoms. The van der Waals surface area contributed by atoms with Gasteiger partial charge in [-0.2, -0.15) is 5.26 Å². The van der Waals surface area contributed by atoms with E-state index in [1.54, 1.807) is 30.3 Å². The van der Waals surface area contributed by atoms with Crippen LogP contribution in [0.1, 0.15) is 0 Å². The lowest BCUT2D eigenvalue weighted by molar-refractivity contribution is 1.18. The molecule has 0 aliphatic rings. The number of nitrogens with zero attached hydrogens (tertiary/aromatic N) is 2. The molecule has 0 saturated carbocycles. The van der Waals surface area contributed by atoms with Gasteiger partial charge in [0.2, 0.25) is 0 Å². The molecular formula is C15H11Cl2N3S. The van der Waals surface area contributed by atoms with Crippen LogP contribution >= 0.6 is 35.4 Å². The van der Waals surface area contributed by atoms with E-state index in [0.29, 0.717) is 15.7 Å². The minimum absolute atomic E-state index is 0.275. The lowest BCUT2D eigenvalue weighted by atomic mass is 10.1. The third-order valence-electron chi connectivity index (χ3n) is 2.94. The van der Waals surface area contributed by atoms with Crippen LogP contribution in [-0.2, 0) is 0 Å². The number of thiocarbonyl (C=S) groups is 1. The van der Waals surface area contributed by atoms with Gasteiger partial charge in [-0.05, 0) is 29.9 Å². The van der Waals surface area contributed by atoms with E-state index >= 15 is 0 Å². The van der Waals surface area contributed by atoms with Gasteiger partial charge in [0, 0.05) is 18.3 Å². The summed E-state index contributed by atoms with van der Waals surface area (Å²) in [5, 5.41) is 12.3. The zero-order valence-corrected chi connectivity index (χ0v) is 13.4. The van der Waals surface area contributed by atoms with Crippen molar-refractivity contribution in [1.82, 2.24) is 5.32 Å². The number of hydrogen-bond acceptors (Lipinski definition) is 2. The first-order chi connectivity index (χ1) is 10.0. The Balaban J connectivity index is 2.43. The van der Waals surface area contributed by atoms with Gasteiger partial charge in [-0.15, -0.1) is 0 Å². The quantitative estimate of drug-likeness (QED) is 0.500. The van der Waals surface area contributed by atoms with Crippen LogP contribution in [0.3, 0.4) is 0 Å². The van der Waals surface area contributed by atoms with E-state index in [4.69, 9.17) is 40.7 Å². The molecule has 0 heterocycles. The first-order valence-electron chi connectivity index (χ1n) is 6.02. The molecule has 0 aromatic heterocycles. The molecule has 0 aliphatic heterocycles. The van der Waals surface area contributed by atoms with Gasteiger partial charge in [0.25, 0.3) is 0 Å².